The minimum atomic E-state index is -0.491. The van der Waals surface area contributed by atoms with Gasteiger partial charge in [0.15, 0.2) is 0 Å². The van der Waals surface area contributed by atoms with E-state index in [9.17, 15) is 4.79 Å². The van der Waals surface area contributed by atoms with Crippen LogP contribution in [-0.4, -0.2) is 20.2 Å². The molecule has 1 heterocycles. The van der Waals surface area contributed by atoms with Gasteiger partial charge in [0.2, 0.25) is 0 Å². The monoisotopic (exact) mass is 274 g/mol. The van der Waals surface area contributed by atoms with E-state index in [-0.39, 0.29) is 5.97 Å². The van der Waals surface area contributed by atoms with Gasteiger partial charge in [0, 0.05) is 17.6 Å². The number of methoxy groups -OCH3 is 2. The molecule has 1 aliphatic rings. The number of hydrogen-bond acceptors (Lipinski definition) is 4. The number of thiophene rings is 1. The van der Waals surface area contributed by atoms with Crippen molar-refractivity contribution >= 4 is 17.3 Å². The second-order valence-electron chi connectivity index (χ2n) is 4.65. The quantitative estimate of drug-likeness (QED) is 0.787. The van der Waals surface area contributed by atoms with Crippen molar-refractivity contribution in [1.82, 2.24) is 0 Å². The summed E-state index contributed by atoms with van der Waals surface area (Å²) in [5.41, 5.74) is 3.40. The Morgan fingerprint density at radius 3 is 2.68 bits per heavy atom. The van der Waals surface area contributed by atoms with Crippen molar-refractivity contribution in [3.05, 3.63) is 46.3 Å². The number of carbonyl (C=O) groups excluding carboxylic acids is 1. The predicted octanol–water partition coefficient (Wildman–Crippen LogP) is 3.43. The molecule has 0 spiro atoms. The van der Waals surface area contributed by atoms with Crippen molar-refractivity contribution in [2.75, 3.05) is 14.2 Å². The first-order valence-electron chi connectivity index (χ1n) is 5.98. The van der Waals surface area contributed by atoms with Crippen molar-refractivity contribution in [2.24, 2.45) is 0 Å². The van der Waals surface area contributed by atoms with Gasteiger partial charge in [0.05, 0.1) is 12.7 Å². The third-order valence-electron chi connectivity index (χ3n) is 3.79. The van der Waals surface area contributed by atoms with E-state index in [4.69, 9.17) is 9.47 Å². The molecule has 0 fully saturated rings. The van der Waals surface area contributed by atoms with Crippen LogP contribution in [0.15, 0.2) is 29.6 Å². The molecule has 0 saturated carbocycles. The van der Waals surface area contributed by atoms with Crippen LogP contribution < -0.4 is 0 Å². The van der Waals surface area contributed by atoms with Gasteiger partial charge >= 0.3 is 5.97 Å². The highest BCUT2D eigenvalue weighted by Crippen LogP contribution is 2.51. The summed E-state index contributed by atoms with van der Waals surface area (Å²) in [7, 11) is 3.09. The number of carbonyl (C=O) groups is 1. The topological polar surface area (TPSA) is 35.5 Å². The molecular weight excluding hydrogens is 260 g/mol. The summed E-state index contributed by atoms with van der Waals surface area (Å²) in [4.78, 5) is 12.9. The average Bonchev–Trinajstić information content (AvgIpc) is 3.01. The summed E-state index contributed by atoms with van der Waals surface area (Å²) in [6.07, 6.45) is 0. The average molecular weight is 274 g/mol. The number of esters is 1. The normalized spacial score (nSPS) is 19.9. The standard InChI is InChI=1S/C15H14O3S/c1-15(18-3)11-6-7-19-13(11)10-5-4-9(8-12(10)15)14(16)17-2/h4-8H,1-3H3. The van der Waals surface area contributed by atoms with Crippen molar-refractivity contribution in [3.8, 4) is 10.4 Å². The third kappa shape index (κ3) is 1.57. The zero-order valence-corrected chi connectivity index (χ0v) is 11.8. The van der Waals surface area contributed by atoms with Gasteiger partial charge in [-0.15, -0.1) is 11.3 Å². The van der Waals surface area contributed by atoms with Crippen molar-refractivity contribution in [2.45, 2.75) is 12.5 Å². The minimum absolute atomic E-state index is 0.323. The second-order valence-corrected chi connectivity index (χ2v) is 5.57. The van der Waals surface area contributed by atoms with Crippen LogP contribution in [0.4, 0.5) is 0 Å². The van der Waals surface area contributed by atoms with Gasteiger partial charge in [-0.25, -0.2) is 4.79 Å². The van der Waals surface area contributed by atoms with Gasteiger partial charge in [0.25, 0.3) is 0 Å². The lowest BCUT2D eigenvalue weighted by Gasteiger charge is -2.25. The fourth-order valence-corrected chi connectivity index (χ4v) is 3.68. The molecule has 0 saturated heterocycles. The Kier molecular flexibility index (Phi) is 2.73. The Morgan fingerprint density at radius 2 is 2.00 bits per heavy atom. The SMILES string of the molecule is COC(=O)c1ccc2c(c1)C(C)(OC)c1ccsc1-2. The van der Waals surface area contributed by atoms with Crippen molar-refractivity contribution in [3.63, 3.8) is 0 Å². The molecule has 19 heavy (non-hydrogen) atoms. The molecule has 1 unspecified atom stereocenters. The van der Waals surface area contributed by atoms with E-state index >= 15 is 0 Å². The number of fused-ring (bicyclic) bond motifs is 3. The van der Waals surface area contributed by atoms with E-state index < -0.39 is 5.60 Å². The lowest BCUT2D eigenvalue weighted by atomic mass is 9.93. The molecule has 1 aromatic carbocycles. The van der Waals surface area contributed by atoms with Gasteiger partial charge in [-0.3, -0.25) is 0 Å². The molecule has 0 bridgehead atoms. The van der Waals surface area contributed by atoms with Crippen LogP contribution >= 0.6 is 11.3 Å². The van der Waals surface area contributed by atoms with Crippen molar-refractivity contribution < 1.29 is 14.3 Å². The first-order valence-corrected chi connectivity index (χ1v) is 6.86. The molecule has 0 aliphatic heterocycles. The Hall–Kier alpha value is -1.65. The van der Waals surface area contributed by atoms with E-state index in [1.165, 1.54) is 12.0 Å². The molecule has 0 radical (unpaired) electrons. The predicted molar refractivity (Wildman–Crippen MR) is 74.6 cm³/mol. The minimum Gasteiger partial charge on any atom is -0.465 e. The summed E-state index contributed by atoms with van der Waals surface area (Å²) >= 11 is 1.70. The zero-order chi connectivity index (χ0) is 13.6. The van der Waals surface area contributed by atoms with Gasteiger partial charge in [-0.1, -0.05) is 6.07 Å². The molecule has 1 aromatic heterocycles. The molecule has 1 aliphatic carbocycles. The second kappa shape index (κ2) is 4.18. The first-order chi connectivity index (χ1) is 9.11. The Bertz CT molecular complexity index is 659. The molecule has 0 N–H and O–H groups in total. The zero-order valence-electron chi connectivity index (χ0n) is 11.0. The van der Waals surface area contributed by atoms with E-state index in [2.05, 4.69) is 11.4 Å². The van der Waals surface area contributed by atoms with E-state index in [1.807, 2.05) is 19.1 Å². The van der Waals surface area contributed by atoms with Gasteiger partial charge in [-0.2, -0.15) is 0 Å². The third-order valence-corrected chi connectivity index (χ3v) is 4.73. The maximum absolute atomic E-state index is 11.7. The van der Waals surface area contributed by atoms with Crippen LogP contribution in [0.5, 0.6) is 0 Å². The number of rotatable bonds is 2. The lowest BCUT2D eigenvalue weighted by Crippen LogP contribution is -2.23. The van der Waals surface area contributed by atoms with Crippen LogP contribution in [0.1, 0.15) is 28.4 Å². The Balaban J connectivity index is 2.23. The van der Waals surface area contributed by atoms with Crippen LogP contribution in [0, 0.1) is 0 Å². The highest BCUT2D eigenvalue weighted by atomic mass is 32.1. The summed E-state index contributed by atoms with van der Waals surface area (Å²) in [5.74, 6) is -0.323. The highest BCUT2D eigenvalue weighted by Gasteiger charge is 2.40. The summed E-state index contributed by atoms with van der Waals surface area (Å²) < 4.78 is 10.5. The fraction of sp³-hybridized carbons (Fsp3) is 0.267. The number of hydrogen-bond donors (Lipinski definition) is 0. The Labute approximate surface area is 115 Å². The van der Waals surface area contributed by atoms with Crippen molar-refractivity contribution in [1.29, 1.82) is 0 Å². The summed E-state index contributed by atoms with van der Waals surface area (Å²) in [6.45, 7) is 2.03. The molecule has 1 atom stereocenters. The fourth-order valence-electron chi connectivity index (χ4n) is 2.64. The highest BCUT2D eigenvalue weighted by molar-refractivity contribution is 7.13. The van der Waals surface area contributed by atoms with E-state index in [0.717, 1.165) is 16.7 Å². The molecule has 0 amide bonds. The maximum Gasteiger partial charge on any atom is 0.337 e. The molecule has 4 heteroatoms. The smallest absolute Gasteiger partial charge is 0.337 e. The lowest BCUT2D eigenvalue weighted by molar-refractivity contribution is 0.0430. The maximum atomic E-state index is 11.7. The molecule has 3 rings (SSSR count). The largest absolute Gasteiger partial charge is 0.465 e. The first kappa shape index (κ1) is 12.4. The van der Waals surface area contributed by atoms with Gasteiger partial charge in [0.1, 0.15) is 5.60 Å². The Morgan fingerprint density at radius 1 is 1.21 bits per heavy atom. The van der Waals surface area contributed by atoms with Crippen LogP contribution in [0.25, 0.3) is 10.4 Å². The molecule has 2 aromatic rings. The number of benzene rings is 1. The van der Waals surface area contributed by atoms with Crippen LogP contribution in [0.3, 0.4) is 0 Å². The summed E-state index contributed by atoms with van der Waals surface area (Å²) in [5, 5.41) is 2.07. The summed E-state index contributed by atoms with van der Waals surface area (Å²) in [6, 6.07) is 7.73. The van der Waals surface area contributed by atoms with Crippen LogP contribution in [-0.2, 0) is 15.1 Å². The molecular formula is C15H14O3S. The number of ether oxygens (including phenoxy) is 2. The van der Waals surface area contributed by atoms with E-state index in [0.29, 0.717) is 5.56 Å². The van der Waals surface area contributed by atoms with Gasteiger partial charge < -0.3 is 9.47 Å². The van der Waals surface area contributed by atoms with Gasteiger partial charge in [-0.05, 0) is 41.6 Å². The molecule has 98 valence electrons. The molecule has 3 nitrogen and oxygen atoms in total. The van der Waals surface area contributed by atoms with E-state index in [1.54, 1.807) is 24.5 Å². The van der Waals surface area contributed by atoms with Crippen LogP contribution in [0.2, 0.25) is 0 Å².